The number of aliphatic carboxylic acids is 1. The van der Waals surface area contributed by atoms with Crippen molar-refractivity contribution >= 4 is 11.9 Å². The minimum Gasteiger partial charge on any atom is -0.481 e. The summed E-state index contributed by atoms with van der Waals surface area (Å²) in [4.78, 5) is 24.1. The zero-order valence-electron chi connectivity index (χ0n) is 21.2. The van der Waals surface area contributed by atoms with Gasteiger partial charge in [0.1, 0.15) is 11.6 Å². The third-order valence-corrected chi connectivity index (χ3v) is 7.40. The lowest BCUT2D eigenvalue weighted by Crippen LogP contribution is -2.51. The number of aromatic nitrogens is 4. The molecule has 2 N–H and O–H groups in total. The van der Waals surface area contributed by atoms with Crippen molar-refractivity contribution in [1.82, 2.24) is 25.5 Å². The molecule has 0 bridgehead atoms. The van der Waals surface area contributed by atoms with E-state index in [1.807, 2.05) is 41.1 Å². The number of rotatable bonds is 8. The Kier molecular flexibility index (Phi) is 7.52. The lowest BCUT2D eigenvalue weighted by atomic mass is 9.67. The van der Waals surface area contributed by atoms with E-state index in [4.69, 9.17) is 5.11 Å². The Hall–Kier alpha value is -3.55. The fourth-order valence-corrected chi connectivity index (χ4v) is 5.36. The number of carboxylic acid groups (broad SMARTS) is 1. The van der Waals surface area contributed by atoms with Crippen LogP contribution in [0.25, 0.3) is 0 Å². The van der Waals surface area contributed by atoms with Gasteiger partial charge in [0.15, 0.2) is 5.82 Å². The molecule has 1 saturated carbocycles. The third-order valence-electron chi connectivity index (χ3n) is 7.40. The minimum atomic E-state index is -0.992. The van der Waals surface area contributed by atoms with Gasteiger partial charge >= 0.3 is 5.97 Å². The van der Waals surface area contributed by atoms with Gasteiger partial charge in [-0.05, 0) is 58.6 Å². The number of carbonyl (C=O) groups excluding carboxylic acids is 1. The monoisotopic (exact) mass is 489 g/mol. The zero-order chi connectivity index (χ0) is 25.8. The highest BCUT2D eigenvalue weighted by molar-refractivity contribution is 5.81. The van der Waals surface area contributed by atoms with Crippen molar-refractivity contribution in [3.05, 3.63) is 77.6 Å². The summed E-state index contributed by atoms with van der Waals surface area (Å²) in [6, 6.07) is 19.9. The summed E-state index contributed by atoms with van der Waals surface area (Å²) >= 11 is 0. The molecular formula is C28H35N5O3. The molecule has 1 fully saturated rings. The summed E-state index contributed by atoms with van der Waals surface area (Å²) in [5.41, 5.74) is 1.45. The molecule has 1 aromatic heterocycles. The van der Waals surface area contributed by atoms with Crippen LogP contribution in [0.3, 0.4) is 0 Å². The molecule has 0 aliphatic heterocycles. The molecular weight excluding hydrogens is 454 g/mol. The Bertz CT molecular complexity index is 1120. The maximum atomic E-state index is 13.0. The van der Waals surface area contributed by atoms with Crippen molar-refractivity contribution in [3.8, 4) is 0 Å². The van der Waals surface area contributed by atoms with Crippen LogP contribution in [0.4, 0.5) is 0 Å². The number of nitrogens with zero attached hydrogens (tertiary/aromatic N) is 4. The predicted octanol–water partition coefficient (Wildman–Crippen LogP) is 4.72. The molecule has 190 valence electrons. The van der Waals surface area contributed by atoms with Gasteiger partial charge in [-0.3, -0.25) is 9.59 Å². The molecule has 0 radical (unpaired) electrons. The van der Waals surface area contributed by atoms with Crippen LogP contribution in [0, 0.1) is 11.3 Å². The predicted molar refractivity (Wildman–Crippen MR) is 136 cm³/mol. The van der Waals surface area contributed by atoms with E-state index in [-0.39, 0.29) is 30.2 Å². The van der Waals surface area contributed by atoms with Crippen molar-refractivity contribution in [2.75, 3.05) is 0 Å². The number of hydrogen-bond donors (Lipinski definition) is 2. The van der Waals surface area contributed by atoms with Crippen LogP contribution < -0.4 is 5.32 Å². The summed E-state index contributed by atoms with van der Waals surface area (Å²) in [5, 5.41) is 25.3. The van der Waals surface area contributed by atoms with Gasteiger partial charge < -0.3 is 10.4 Å². The van der Waals surface area contributed by atoms with E-state index in [1.54, 1.807) is 0 Å². The van der Waals surface area contributed by atoms with Crippen LogP contribution >= 0.6 is 0 Å². The van der Waals surface area contributed by atoms with E-state index in [0.717, 1.165) is 24.0 Å². The SMILES string of the molecule is CC(C)(C)C1CCC(NC(=O)CCC(=O)O)(c2nnnn2C(c2ccccc2)c2ccccc2)CC1. The Labute approximate surface area is 212 Å². The first-order valence-corrected chi connectivity index (χ1v) is 12.6. The molecule has 1 amide bonds. The molecule has 2 aromatic carbocycles. The van der Waals surface area contributed by atoms with E-state index in [9.17, 15) is 9.59 Å². The second-order valence-corrected chi connectivity index (χ2v) is 10.8. The standard InChI is InChI=1S/C28H35N5O3/c1-27(2,3)22-16-18-28(19-17-22,29-23(34)14-15-24(35)36)26-30-31-32-33(26)25(20-10-6-4-7-11-20)21-12-8-5-9-13-21/h4-13,22,25H,14-19H2,1-3H3,(H,29,34)(H,35,36). The minimum absolute atomic E-state index is 0.0812. The molecule has 0 spiro atoms. The molecule has 3 aromatic rings. The van der Waals surface area contributed by atoms with Gasteiger partial charge in [-0.15, -0.1) is 5.10 Å². The molecule has 8 heteroatoms. The van der Waals surface area contributed by atoms with E-state index in [1.165, 1.54) is 0 Å². The largest absolute Gasteiger partial charge is 0.481 e. The number of amides is 1. The van der Waals surface area contributed by atoms with Crippen LogP contribution in [0.5, 0.6) is 0 Å². The molecule has 8 nitrogen and oxygen atoms in total. The van der Waals surface area contributed by atoms with Crippen LogP contribution in [0.1, 0.15) is 82.3 Å². The van der Waals surface area contributed by atoms with Crippen molar-refractivity contribution in [2.45, 2.75) is 70.9 Å². The summed E-state index contributed by atoms with van der Waals surface area (Å²) in [6.07, 6.45) is 2.90. The lowest BCUT2D eigenvalue weighted by Gasteiger charge is -2.44. The van der Waals surface area contributed by atoms with E-state index in [2.05, 4.69) is 65.9 Å². The molecule has 4 rings (SSSR count). The highest BCUT2D eigenvalue weighted by Crippen LogP contribution is 2.46. The van der Waals surface area contributed by atoms with Crippen LogP contribution in [0.15, 0.2) is 60.7 Å². The van der Waals surface area contributed by atoms with Gasteiger partial charge in [-0.1, -0.05) is 81.4 Å². The summed E-state index contributed by atoms with van der Waals surface area (Å²) < 4.78 is 1.83. The highest BCUT2D eigenvalue weighted by atomic mass is 16.4. The first-order valence-electron chi connectivity index (χ1n) is 12.6. The van der Waals surface area contributed by atoms with Crippen molar-refractivity contribution in [2.24, 2.45) is 11.3 Å². The van der Waals surface area contributed by atoms with Gasteiger partial charge in [0, 0.05) is 6.42 Å². The summed E-state index contributed by atoms with van der Waals surface area (Å²) in [6.45, 7) is 6.75. The number of benzene rings is 2. The van der Waals surface area contributed by atoms with E-state index in [0.29, 0.717) is 24.6 Å². The molecule has 1 aliphatic rings. The maximum Gasteiger partial charge on any atom is 0.303 e. The van der Waals surface area contributed by atoms with Crippen LogP contribution in [-0.2, 0) is 15.1 Å². The van der Waals surface area contributed by atoms with Gasteiger partial charge in [-0.25, -0.2) is 4.68 Å². The van der Waals surface area contributed by atoms with Gasteiger partial charge in [-0.2, -0.15) is 0 Å². The first-order chi connectivity index (χ1) is 17.2. The van der Waals surface area contributed by atoms with Gasteiger partial charge in [0.25, 0.3) is 0 Å². The number of carboxylic acids is 1. The fourth-order valence-electron chi connectivity index (χ4n) is 5.36. The Morgan fingerprint density at radius 1 is 1.00 bits per heavy atom. The number of nitrogens with one attached hydrogen (secondary N) is 1. The molecule has 0 saturated heterocycles. The van der Waals surface area contributed by atoms with E-state index < -0.39 is 11.5 Å². The zero-order valence-corrected chi connectivity index (χ0v) is 21.2. The summed E-state index contributed by atoms with van der Waals surface area (Å²) in [7, 11) is 0. The van der Waals surface area contributed by atoms with Crippen molar-refractivity contribution in [3.63, 3.8) is 0 Å². The first kappa shape index (κ1) is 25.5. The Morgan fingerprint density at radius 3 is 2.06 bits per heavy atom. The van der Waals surface area contributed by atoms with Gasteiger partial charge in [0.05, 0.1) is 6.42 Å². The van der Waals surface area contributed by atoms with Crippen molar-refractivity contribution in [1.29, 1.82) is 0 Å². The van der Waals surface area contributed by atoms with Crippen LogP contribution in [-0.4, -0.2) is 37.2 Å². The second kappa shape index (κ2) is 10.6. The summed E-state index contributed by atoms with van der Waals surface area (Å²) in [5.74, 6) is -0.174. The second-order valence-electron chi connectivity index (χ2n) is 10.8. The Balaban J connectivity index is 1.76. The quantitative estimate of drug-likeness (QED) is 0.474. The molecule has 1 aliphatic carbocycles. The third kappa shape index (κ3) is 5.64. The average Bonchev–Trinajstić information content (AvgIpc) is 3.34. The number of tetrazole rings is 1. The molecule has 1 heterocycles. The van der Waals surface area contributed by atoms with Gasteiger partial charge in [0.2, 0.25) is 5.91 Å². The van der Waals surface area contributed by atoms with Crippen molar-refractivity contribution < 1.29 is 14.7 Å². The van der Waals surface area contributed by atoms with Crippen LogP contribution in [0.2, 0.25) is 0 Å². The molecule has 0 unspecified atom stereocenters. The molecule has 0 atom stereocenters. The molecule has 36 heavy (non-hydrogen) atoms. The average molecular weight is 490 g/mol. The normalized spacial score (nSPS) is 20.3. The highest BCUT2D eigenvalue weighted by Gasteiger charge is 2.45. The number of hydrogen-bond acceptors (Lipinski definition) is 5. The lowest BCUT2D eigenvalue weighted by molar-refractivity contribution is -0.139. The maximum absolute atomic E-state index is 13.0. The number of carbonyl (C=O) groups is 2. The fraction of sp³-hybridized carbons (Fsp3) is 0.464. The van der Waals surface area contributed by atoms with E-state index >= 15 is 0 Å². The topological polar surface area (TPSA) is 110 Å². The smallest absolute Gasteiger partial charge is 0.303 e. The Morgan fingerprint density at radius 2 is 1.56 bits per heavy atom.